The third-order valence-electron chi connectivity index (χ3n) is 2.36. The van der Waals surface area contributed by atoms with Crippen molar-refractivity contribution in [2.75, 3.05) is 14.2 Å². The number of rotatable bonds is 6. The Bertz CT molecular complexity index is 279. The molecule has 16 heavy (non-hydrogen) atoms. The lowest BCUT2D eigenvalue weighted by Gasteiger charge is -2.10. The number of carbonyl (C=O) groups excluding carboxylic acids is 2. The number of hydrogen-bond donors (Lipinski definition) is 0. The second kappa shape index (κ2) is 7.91. The highest BCUT2D eigenvalue weighted by Crippen LogP contribution is 2.18. The predicted molar refractivity (Wildman–Crippen MR) is 60.9 cm³/mol. The maximum Gasteiger partial charge on any atom is 0.334 e. The number of hydrogen-bond acceptors (Lipinski definition) is 4. The van der Waals surface area contributed by atoms with E-state index in [2.05, 4.69) is 9.47 Å². The number of unbranched alkanes of at least 4 members (excludes halogenated alkanes) is 1. The molecule has 0 aliphatic rings. The number of methoxy groups -OCH3 is 2. The SMILES string of the molecule is CCCC/C(C(=O)OC)=C(\CC)C(=O)OC. The number of esters is 2. The highest BCUT2D eigenvalue weighted by atomic mass is 16.5. The van der Waals surface area contributed by atoms with Gasteiger partial charge < -0.3 is 9.47 Å². The van der Waals surface area contributed by atoms with Gasteiger partial charge in [-0.25, -0.2) is 9.59 Å². The molecule has 0 fully saturated rings. The van der Waals surface area contributed by atoms with E-state index in [1.54, 1.807) is 0 Å². The van der Waals surface area contributed by atoms with Gasteiger partial charge in [0, 0.05) is 11.1 Å². The first-order valence-electron chi connectivity index (χ1n) is 5.50. The van der Waals surface area contributed by atoms with Gasteiger partial charge in [0.25, 0.3) is 0 Å². The molecule has 0 aromatic carbocycles. The molecular formula is C12H20O4. The summed E-state index contributed by atoms with van der Waals surface area (Å²) in [4.78, 5) is 23.0. The average molecular weight is 228 g/mol. The summed E-state index contributed by atoms with van der Waals surface area (Å²) < 4.78 is 9.34. The van der Waals surface area contributed by atoms with Crippen molar-refractivity contribution in [1.29, 1.82) is 0 Å². The van der Waals surface area contributed by atoms with Gasteiger partial charge in [0.05, 0.1) is 14.2 Å². The zero-order chi connectivity index (χ0) is 12.6. The molecule has 4 heteroatoms. The van der Waals surface area contributed by atoms with Crippen LogP contribution in [0.3, 0.4) is 0 Å². The van der Waals surface area contributed by atoms with Crippen LogP contribution in [-0.2, 0) is 19.1 Å². The van der Waals surface area contributed by atoms with E-state index in [9.17, 15) is 9.59 Å². The van der Waals surface area contributed by atoms with E-state index in [4.69, 9.17) is 0 Å². The van der Waals surface area contributed by atoms with Crippen molar-refractivity contribution in [3.05, 3.63) is 11.1 Å². The molecule has 0 rings (SSSR count). The van der Waals surface area contributed by atoms with Gasteiger partial charge in [-0.15, -0.1) is 0 Å². The van der Waals surface area contributed by atoms with E-state index in [1.165, 1.54) is 14.2 Å². The Hall–Kier alpha value is -1.32. The maximum absolute atomic E-state index is 11.6. The van der Waals surface area contributed by atoms with Crippen LogP contribution in [0.5, 0.6) is 0 Å². The monoisotopic (exact) mass is 228 g/mol. The Morgan fingerprint density at radius 3 is 1.81 bits per heavy atom. The summed E-state index contributed by atoms with van der Waals surface area (Å²) in [7, 11) is 2.63. The molecule has 0 unspecified atom stereocenters. The van der Waals surface area contributed by atoms with Crippen molar-refractivity contribution in [2.24, 2.45) is 0 Å². The van der Waals surface area contributed by atoms with E-state index in [-0.39, 0.29) is 0 Å². The van der Waals surface area contributed by atoms with Crippen molar-refractivity contribution in [2.45, 2.75) is 39.5 Å². The molecule has 0 aliphatic heterocycles. The zero-order valence-electron chi connectivity index (χ0n) is 10.5. The van der Waals surface area contributed by atoms with Crippen molar-refractivity contribution in [1.82, 2.24) is 0 Å². The summed E-state index contributed by atoms with van der Waals surface area (Å²) in [5.74, 6) is -0.880. The minimum Gasteiger partial charge on any atom is -0.466 e. The molecule has 0 heterocycles. The summed E-state index contributed by atoms with van der Waals surface area (Å²) in [6, 6.07) is 0. The average Bonchev–Trinajstić information content (AvgIpc) is 2.32. The summed E-state index contributed by atoms with van der Waals surface area (Å²) in [5, 5.41) is 0. The molecule has 0 atom stereocenters. The largest absolute Gasteiger partial charge is 0.466 e. The summed E-state index contributed by atoms with van der Waals surface area (Å²) in [5.41, 5.74) is 0.863. The van der Waals surface area contributed by atoms with Gasteiger partial charge in [-0.2, -0.15) is 0 Å². The predicted octanol–water partition coefficient (Wildman–Crippen LogP) is 2.23. The van der Waals surface area contributed by atoms with Crippen molar-refractivity contribution in [3.8, 4) is 0 Å². The third kappa shape index (κ3) is 4.04. The molecule has 0 spiro atoms. The van der Waals surface area contributed by atoms with Gasteiger partial charge in [-0.3, -0.25) is 0 Å². The summed E-state index contributed by atoms with van der Waals surface area (Å²) in [6.07, 6.45) is 2.84. The van der Waals surface area contributed by atoms with Crippen LogP contribution in [0, 0.1) is 0 Å². The van der Waals surface area contributed by atoms with E-state index in [1.807, 2.05) is 13.8 Å². The van der Waals surface area contributed by atoms with Crippen LogP contribution in [0.4, 0.5) is 0 Å². The highest BCUT2D eigenvalue weighted by Gasteiger charge is 2.20. The molecular weight excluding hydrogens is 208 g/mol. The van der Waals surface area contributed by atoms with Gasteiger partial charge in [-0.1, -0.05) is 20.3 Å². The molecule has 0 N–H and O–H groups in total. The van der Waals surface area contributed by atoms with Crippen LogP contribution in [0.15, 0.2) is 11.1 Å². The Balaban J connectivity index is 5.11. The lowest BCUT2D eigenvalue weighted by atomic mass is 10.0. The smallest absolute Gasteiger partial charge is 0.334 e. The minimum atomic E-state index is -0.445. The molecule has 0 aliphatic carbocycles. The number of ether oxygens (including phenoxy) is 2. The Morgan fingerprint density at radius 2 is 1.44 bits per heavy atom. The lowest BCUT2D eigenvalue weighted by Crippen LogP contribution is -2.14. The fourth-order valence-electron chi connectivity index (χ4n) is 1.46. The van der Waals surface area contributed by atoms with Crippen molar-refractivity contribution < 1.29 is 19.1 Å². The second-order valence-electron chi connectivity index (χ2n) is 3.40. The minimum absolute atomic E-state index is 0.419. The molecule has 92 valence electrons. The third-order valence-corrected chi connectivity index (χ3v) is 2.36. The van der Waals surface area contributed by atoms with E-state index >= 15 is 0 Å². The lowest BCUT2D eigenvalue weighted by molar-refractivity contribution is -0.139. The van der Waals surface area contributed by atoms with Crippen LogP contribution >= 0.6 is 0 Å². The molecule has 0 aromatic heterocycles. The maximum atomic E-state index is 11.6. The molecule has 0 bridgehead atoms. The topological polar surface area (TPSA) is 52.6 Å². The normalized spacial score (nSPS) is 11.8. The Morgan fingerprint density at radius 1 is 0.938 bits per heavy atom. The van der Waals surface area contributed by atoms with Gasteiger partial charge >= 0.3 is 11.9 Å². The van der Waals surface area contributed by atoms with Crippen molar-refractivity contribution in [3.63, 3.8) is 0 Å². The first-order valence-corrected chi connectivity index (χ1v) is 5.50. The molecule has 0 radical (unpaired) electrons. The first-order chi connectivity index (χ1) is 7.62. The zero-order valence-corrected chi connectivity index (χ0v) is 10.5. The Kier molecular flexibility index (Phi) is 7.25. The Labute approximate surface area is 96.6 Å². The number of carbonyl (C=O) groups is 2. The second-order valence-corrected chi connectivity index (χ2v) is 3.40. The van der Waals surface area contributed by atoms with Crippen LogP contribution in [0.1, 0.15) is 39.5 Å². The van der Waals surface area contributed by atoms with Gasteiger partial charge in [-0.05, 0) is 19.3 Å². The quantitative estimate of drug-likeness (QED) is 0.516. The molecule has 0 amide bonds. The molecule has 4 nitrogen and oxygen atoms in total. The fourth-order valence-corrected chi connectivity index (χ4v) is 1.46. The summed E-state index contributed by atoms with van der Waals surface area (Å²) in [6.45, 7) is 3.85. The van der Waals surface area contributed by atoms with Crippen LogP contribution in [0.25, 0.3) is 0 Å². The molecule has 0 saturated carbocycles. The summed E-state index contributed by atoms with van der Waals surface area (Å²) >= 11 is 0. The van der Waals surface area contributed by atoms with E-state index < -0.39 is 11.9 Å². The van der Waals surface area contributed by atoms with Gasteiger partial charge in [0.15, 0.2) is 0 Å². The van der Waals surface area contributed by atoms with Crippen LogP contribution in [0.2, 0.25) is 0 Å². The van der Waals surface area contributed by atoms with Crippen molar-refractivity contribution >= 4 is 11.9 Å². The van der Waals surface area contributed by atoms with Crippen LogP contribution in [-0.4, -0.2) is 26.2 Å². The highest BCUT2D eigenvalue weighted by molar-refractivity contribution is 6.00. The standard InChI is InChI=1S/C12H20O4/c1-5-7-8-10(12(14)16-4)9(6-2)11(13)15-3/h5-8H2,1-4H3/b10-9-. The van der Waals surface area contributed by atoms with Gasteiger partial charge in [0.2, 0.25) is 0 Å². The van der Waals surface area contributed by atoms with Crippen LogP contribution < -0.4 is 0 Å². The first kappa shape index (κ1) is 14.7. The van der Waals surface area contributed by atoms with Gasteiger partial charge in [0.1, 0.15) is 0 Å². The molecule has 0 aromatic rings. The fraction of sp³-hybridized carbons (Fsp3) is 0.667. The van der Waals surface area contributed by atoms with E-state index in [0.717, 1.165) is 12.8 Å². The molecule has 0 saturated heterocycles. The van der Waals surface area contributed by atoms with E-state index in [0.29, 0.717) is 24.0 Å².